The summed E-state index contributed by atoms with van der Waals surface area (Å²) in [6, 6.07) is 0.501. The topological polar surface area (TPSA) is 30.5 Å². The van der Waals surface area contributed by atoms with E-state index in [0.29, 0.717) is 12.1 Å². The maximum atomic E-state index is 5.90. The van der Waals surface area contributed by atoms with Gasteiger partial charge in [-0.3, -0.25) is 0 Å². The van der Waals surface area contributed by atoms with Gasteiger partial charge in [0.05, 0.1) is 12.2 Å². The van der Waals surface area contributed by atoms with Crippen molar-refractivity contribution in [1.82, 2.24) is 5.32 Å². The van der Waals surface area contributed by atoms with E-state index in [-0.39, 0.29) is 6.10 Å². The lowest BCUT2D eigenvalue weighted by atomic mass is 9.85. The second-order valence-electron chi connectivity index (χ2n) is 4.79. The lowest BCUT2D eigenvalue weighted by Crippen LogP contribution is -2.60. The highest BCUT2D eigenvalue weighted by Crippen LogP contribution is 2.27. The molecule has 0 aliphatic heterocycles. The summed E-state index contributed by atoms with van der Waals surface area (Å²) < 4.78 is 11.6. The van der Waals surface area contributed by atoms with Crippen LogP contribution in [0.15, 0.2) is 0 Å². The fourth-order valence-electron chi connectivity index (χ4n) is 2.39. The van der Waals surface area contributed by atoms with Crippen LogP contribution in [0.1, 0.15) is 52.9 Å². The Balaban J connectivity index is 2.11. The Morgan fingerprint density at radius 1 is 1.06 bits per heavy atom. The molecule has 1 aliphatic carbocycles. The summed E-state index contributed by atoms with van der Waals surface area (Å²) in [5.74, 6) is 0. The van der Waals surface area contributed by atoms with Crippen LogP contribution in [-0.2, 0) is 9.47 Å². The van der Waals surface area contributed by atoms with Crippen LogP contribution in [0.3, 0.4) is 0 Å². The van der Waals surface area contributed by atoms with Crippen molar-refractivity contribution < 1.29 is 9.47 Å². The average Bonchev–Trinajstić information content (AvgIpc) is 2.33. The molecule has 3 heteroatoms. The van der Waals surface area contributed by atoms with Gasteiger partial charge in [-0.25, -0.2) is 0 Å². The molecule has 1 fully saturated rings. The minimum atomic E-state index is 0.270. The van der Waals surface area contributed by atoms with Crippen molar-refractivity contribution in [1.29, 1.82) is 0 Å². The van der Waals surface area contributed by atoms with Gasteiger partial charge in [-0.05, 0) is 26.3 Å². The van der Waals surface area contributed by atoms with Gasteiger partial charge in [0.2, 0.25) is 0 Å². The second kappa shape index (κ2) is 8.90. The van der Waals surface area contributed by atoms with Crippen molar-refractivity contribution in [3.8, 4) is 0 Å². The lowest BCUT2D eigenvalue weighted by Gasteiger charge is -2.44. The quantitative estimate of drug-likeness (QED) is 0.598. The first-order valence-corrected chi connectivity index (χ1v) is 7.30. The Bertz CT molecular complexity index is 187. The molecule has 0 saturated heterocycles. The van der Waals surface area contributed by atoms with Gasteiger partial charge in [-0.2, -0.15) is 0 Å². The van der Waals surface area contributed by atoms with Crippen molar-refractivity contribution in [2.45, 2.75) is 71.1 Å². The average molecular weight is 243 g/mol. The third-order valence-electron chi connectivity index (χ3n) is 3.40. The maximum absolute atomic E-state index is 5.90. The predicted molar refractivity (Wildman–Crippen MR) is 71.4 cm³/mol. The normalized spacial score (nSPS) is 28.1. The van der Waals surface area contributed by atoms with Gasteiger partial charge in [0.1, 0.15) is 0 Å². The van der Waals surface area contributed by atoms with Crippen molar-refractivity contribution in [3.05, 3.63) is 0 Å². The summed E-state index contributed by atoms with van der Waals surface area (Å²) in [5.41, 5.74) is 0. The van der Waals surface area contributed by atoms with Crippen LogP contribution in [0, 0.1) is 0 Å². The summed E-state index contributed by atoms with van der Waals surface area (Å²) >= 11 is 0. The summed E-state index contributed by atoms with van der Waals surface area (Å²) in [7, 11) is 0. The highest BCUT2D eigenvalue weighted by atomic mass is 16.5. The first-order chi connectivity index (χ1) is 8.33. The number of ether oxygens (including phenoxy) is 2. The smallest absolute Gasteiger partial charge is 0.0990 e. The second-order valence-corrected chi connectivity index (χ2v) is 4.79. The van der Waals surface area contributed by atoms with Gasteiger partial charge in [0, 0.05) is 19.3 Å². The van der Waals surface area contributed by atoms with Crippen LogP contribution in [0.2, 0.25) is 0 Å². The van der Waals surface area contributed by atoms with Crippen LogP contribution in [0.5, 0.6) is 0 Å². The van der Waals surface area contributed by atoms with Crippen LogP contribution >= 0.6 is 0 Å². The number of nitrogens with one attached hydrogen (secondary N) is 1. The number of hydrogen-bond acceptors (Lipinski definition) is 3. The van der Waals surface area contributed by atoms with E-state index in [2.05, 4.69) is 26.1 Å². The molecule has 1 rings (SSSR count). The molecule has 0 heterocycles. The number of unbranched alkanes of at least 4 members (excludes halogenated alkanes) is 3. The zero-order valence-electron chi connectivity index (χ0n) is 11.7. The van der Waals surface area contributed by atoms with Gasteiger partial charge in [-0.15, -0.1) is 0 Å². The third-order valence-corrected chi connectivity index (χ3v) is 3.40. The van der Waals surface area contributed by atoms with E-state index < -0.39 is 0 Å². The Labute approximate surface area is 106 Å². The highest BCUT2D eigenvalue weighted by Gasteiger charge is 2.41. The van der Waals surface area contributed by atoms with E-state index in [1.807, 2.05) is 0 Å². The van der Waals surface area contributed by atoms with Gasteiger partial charge in [0.15, 0.2) is 0 Å². The van der Waals surface area contributed by atoms with Gasteiger partial charge in [-0.1, -0.05) is 33.1 Å². The number of hydrogen-bond donors (Lipinski definition) is 1. The Kier molecular flexibility index (Phi) is 7.82. The summed E-state index contributed by atoms with van der Waals surface area (Å²) in [6.07, 6.45) is 6.78. The summed E-state index contributed by atoms with van der Waals surface area (Å²) in [5, 5.41) is 3.45. The maximum Gasteiger partial charge on any atom is 0.0990 e. The van der Waals surface area contributed by atoms with Gasteiger partial charge >= 0.3 is 0 Å². The zero-order chi connectivity index (χ0) is 12.5. The largest absolute Gasteiger partial charge is 0.375 e. The molecule has 0 bridgehead atoms. The van der Waals surface area contributed by atoms with E-state index in [0.717, 1.165) is 26.2 Å². The molecular formula is C14H29NO2. The zero-order valence-corrected chi connectivity index (χ0v) is 11.7. The molecule has 1 saturated carbocycles. The predicted octanol–water partition coefficient (Wildman–Crippen LogP) is 2.74. The molecule has 0 radical (unpaired) electrons. The van der Waals surface area contributed by atoms with Crippen molar-refractivity contribution >= 4 is 0 Å². The molecule has 1 aliphatic rings. The standard InChI is InChI=1S/C14H29NO2/c1-4-7-8-9-10-17-13-11-12(15-5-2)14(13)16-6-3/h12-15H,4-11H2,1-3H3. The first kappa shape index (κ1) is 14.9. The van der Waals surface area contributed by atoms with Crippen molar-refractivity contribution in [2.24, 2.45) is 0 Å². The Morgan fingerprint density at radius 3 is 2.53 bits per heavy atom. The molecule has 102 valence electrons. The van der Waals surface area contributed by atoms with E-state index in [9.17, 15) is 0 Å². The van der Waals surface area contributed by atoms with E-state index >= 15 is 0 Å². The fourth-order valence-corrected chi connectivity index (χ4v) is 2.39. The molecule has 0 amide bonds. The molecule has 0 spiro atoms. The molecule has 3 nitrogen and oxygen atoms in total. The summed E-state index contributed by atoms with van der Waals surface area (Å²) in [4.78, 5) is 0. The van der Waals surface area contributed by atoms with Crippen LogP contribution in [-0.4, -0.2) is 38.0 Å². The van der Waals surface area contributed by atoms with Gasteiger partial charge < -0.3 is 14.8 Å². The highest BCUT2D eigenvalue weighted by molar-refractivity contribution is 4.97. The summed E-state index contributed by atoms with van der Waals surface area (Å²) in [6.45, 7) is 9.12. The Hall–Kier alpha value is -0.120. The van der Waals surface area contributed by atoms with Crippen LogP contribution < -0.4 is 5.32 Å². The molecular weight excluding hydrogens is 214 g/mol. The van der Waals surface area contributed by atoms with Crippen LogP contribution in [0.25, 0.3) is 0 Å². The van der Waals surface area contributed by atoms with Crippen LogP contribution in [0.4, 0.5) is 0 Å². The van der Waals surface area contributed by atoms with Gasteiger partial charge in [0.25, 0.3) is 0 Å². The molecule has 0 aromatic carbocycles. The molecule has 17 heavy (non-hydrogen) atoms. The van der Waals surface area contributed by atoms with Crippen molar-refractivity contribution in [2.75, 3.05) is 19.8 Å². The molecule has 3 unspecified atom stereocenters. The minimum absolute atomic E-state index is 0.270. The molecule has 3 atom stereocenters. The third kappa shape index (κ3) is 4.94. The number of likely N-dealkylation sites (N-methyl/N-ethyl adjacent to an activating group) is 1. The first-order valence-electron chi connectivity index (χ1n) is 7.30. The van der Waals surface area contributed by atoms with E-state index in [1.54, 1.807) is 0 Å². The monoisotopic (exact) mass is 243 g/mol. The van der Waals surface area contributed by atoms with E-state index in [4.69, 9.17) is 9.47 Å². The number of rotatable bonds is 10. The fraction of sp³-hybridized carbons (Fsp3) is 1.00. The van der Waals surface area contributed by atoms with E-state index in [1.165, 1.54) is 25.7 Å². The lowest BCUT2D eigenvalue weighted by molar-refractivity contribution is -0.145. The molecule has 0 aromatic heterocycles. The minimum Gasteiger partial charge on any atom is -0.375 e. The van der Waals surface area contributed by atoms with Crippen molar-refractivity contribution in [3.63, 3.8) is 0 Å². The molecule has 1 N–H and O–H groups in total. The Morgan fingerprint density at radius 2 is 1.88 bits per heavy atom. The SMILES string of the molecule is CCCCCCOC1CC(NCC)C1OCC. The molecule has 0 aromatic rings.